The van der Waals surface area contributed by atoms with Gasteiger partial charge in [0.25, 0.3) is 0 Å². The van der Waals surface area contributed by atoms with E-state index in [9.17, 15) is 9.90 Å². The first-order valence-corrected chi connectivity index (χ1v) is 8.40. The number of aliphatic carboxylic acids is 1. The van der Waals surface area contributed by atoms with Gasteiger partial charge in [-0.2, -0.15) is 0 Å². The Hall–Kier alpha value is -2.07. The molecule has 0 radical (unpaired) electrons. The van der Waals surface area contributed by atoms with Gasteiger partial charge in [-0.05, 0) is 31.4 Å². The third kappa shape index (κ3) is 1.43. The lowest BCUT2D eigenvalue weighted by Crippen LogP contribution is -2.53. The number of fused-ring (bicyclic) bond motifs is 2. The molecule has 4 aliphatic rings. The third-order valence-electron chi connectivity index (χ3n) is 6.43. The van der Waals surface area contributed by atoms with E-state index in [1.807, 2.05) is 13.0 Å². The summed E-state index contributed by atoms with van der Waals surface area (Å²) in [6, 6.07) is 8.79. The molecule has 23 heavy (non-hydrogen) atoms. The fourth-order valence-corrected chi connectivity index (χ4v) is 5.51. The summed E-state index contributed by atoms with van der Waals surface area (Å²) in [7, 11) is 0. The predicted molar refractivity (Wildman–Crippen MR) is 88.2 cm³/mol. The third-order valence-corrected chi connectivity index (χ3v) is 6.43. The lowest BCUT2D eigenvalue weighted by molar-refractivity contribution is -0.133. The fraction of sp³-hybridized carbons (Fsp3) is 0.421. The molecule has 0 unspecified atom stereocenters. The number of carboxylic acids is 1. The molecule has 2 saturated heterocycles. The van der Waals surface area contributed by atoms with E-state index in [0.717, 1.165) is 37.3 Å². The molecule has 0 aromatic heterocycles. The van der Waals surface area contributed by atoms with Crippen LogP contribution in [0.1, 0.15) is 25.3 Å². The molecule has 4 heteroatoms. The van der Waals surface area contributed by atoms with Gasteiger partial charge in [0.15, 0.2) is 0 Å². The molecular weight excluding hydrogens is 288 g/mol. The Kier molecular flexibility index (Phi) is 2.48. The molecule has 3 aliphatic heterocycles. The molecule has 1 spiro atoms. The normalized spacial score (nSPS) is 36.0. The van der Waals surface area contributed by atoms with Crippen molar-refractivity contribution < 1.29 is 9.90 Å². The summed E-state index contributed by atoms with van der Waals surface area (Å²) >= 11 is 0. The zero-order valence-electron chi connectivity index (χ0n) is 13.2. The first-order valence-electron chi connectivity index (χ1n) is 8.40. The summed E-state index contributed by atoms with van der Waals surface area (Å²) in [4.78, 5) is 14.7. The van der Waals surface area contributed by atoms with Crippen molar-refractivity contribution in [3.05, 3.63) is 52.7 Å². The van der Waals surface area contributed by atoms with Crippen LogP contribution < -0.4 is 5.32 Å². The topological polar surface area (TPSA) is 52.6 Å². The van der Waals surface area contributed by atoms with Crippen LogP contribution in [-0.2, 0) is 10.2 Å². The van der Waals surface area contributed by atoms with Crippen LogP contribution >= 0.6 is 0 Å². The highest BCUT2D eigenvalue weighted by Crippen LogP contribution is 2.60. The van der Waals surface area contributed by atoms with Crippen LogP contribution in [0.15, 0.2) is 47.2 Å². The Labute approximate surface area is 135 Å². The second-order valence-electron chi connectivity index (χ2n) is 7.12. The van der Waals surface area contributed by atoms with Crippen molar-refractivity contribution in [2.75, 3.05) is 18.4 Å². The number of hydrogen-bond acceptors (Lipinski definition) is 3. The first-order chi connectivity index (χ1) is 11.2. The maximum absolute atomic E-state index is 12.1. The summed E-state index contributed by atoms with van der Waals surface area (Å²) in [5.74, 6) is -0.704. The van der Waals surface area contributed by atoms with E-state index in [2.05, 4.69) is 34.5 Å². The summed E-state index contributed by atoms with van der Waals surface area (Å²) in [6.07, 6.45) is 4.07. The summed E-state index contributed by atoms with van der Waals surface area (Å²) in [5.41, 5.74) is 5.09. The SMILES string of the molecule is C/C=C1/CN2CC[C@]34C(=C(C(=O)O)[C@H]1C[C@H]23)Nc1ccccc14. The Morgan fingerprint density at radius 1 is 1.43 bits per heavy atom. The van der Waals surface area contributed by atoms with Crippen molar-refractivity contribution in [1.82, 2.24) is 4.90 Å². The van der Waals surface area contributed by atoms with Gasteiger partial charge in [-0.15, -0.1) is 0 Å². The lowest BCUT2D eigenvalue weighted by atomic mass is 9.62. The number of nitrogens with one attached hydrogen (secondary N) is 1. The van der Waals surface area contributed by atoms with Crippen molar-refractivity contribution in [1.29, 1.82) is 0 Å². The van der Waals surface area contributed by atoms with Gasteiger partial charge < -0.3 is 10.4 Å². The Morgan fingerprint density at radius 3 is 3.04 bits per heavy atom. The zero-order valence-corrected chi connectivity index (χ0v) is 13.2. The van der Waals surface area contributed by atoms with E-state index in [-0.39, 0.29) is 11.3 Å². The number of nitrogens with zero attached hydrogens (tertiary/aromatic N) is 1. The molecule has 4 nitrogen and oxygen atoms in total. The van der Waals surface area contributed by atoms with Gasteiger partial charge in [-0.3, -0.25) is 4.90 Å². The highest BCUT2D eigenvalue weighted by Gasteiger charge is 2.61. The molecule has 118 valence electrons. The minimum absolute atomic E-state index is 0.0572. The van der Waals surface area contributed by atoms with Crippen molar-refractivity contribution in [3.8, 4) is 0 Å². The largest absolute Gasteiger partial charge is 0.478 e. The quantitative estimate of drug-likeness (QED) is 0.783. The van der Waals surface area contributed by atoms with E-state index < -0.39 is 5.97 Å². The second kappa shape index (κ2) is 4.26. The smallest absolute Gasteiger partial charge is 0.333 e. The van der Waals surface area contributed by atoms with Crippen LogP contribution in [0.25, 0.3) is 0 Å². The second-order valence-corrected chi connectivity index (χ2v) is 7.12. The molecule has 0 amide bonds. The fourth-order valence-electron chi connectivity index (χ4n) is 5.51. The standard InChI is InChI=1S/C19H20N2O2/c1-2-11-10-21-8-7-19-13-5-3-4-6-14(13)20-17(19)16(18(22)23)12(11)9-15(19)21/h2-6,12,15,20H,7-10H2,1H3,(H,22,23)/b11-2-/t12-,15-,19+/m0/s1. The minimum atomic E-state index is -0.761. The van der Waals surface area contributed by atoms with E-state index in [1.165, 1.54) is 11.1 Å². The van der Waals surface area contributed by atoms with Crippen LogP contribution in [0.2, 0.25) is 0 Å². The zero-order chi connectivity index (χ0) is 15.8. The van der Waals surface area contributed by atoms with Crippen LogP contribution in [0.5, 0.6) is 0 Å². The highest BCUT2D eigenvalue weighted by atomic mass is 16.4. The van der Waals surface area contributed by atoms with E-state index >= 15 is 0 Å². The van der Waals surface area contributed by atoms with Crippen LogP contribution in [0.4, 0.5) is 5.69 Å². The van der Waals surface area contributed by atoms with Gasteiger partial charge in [0.2, 0.25) is 0 Å². The highest BCUT2D eigenvalue weighted by molar-refractivity contribution is 5.93. The van der Waals surface area contributed by atoms with Crippen LogP contribution in [0, 0.1) is 5.92 Å². The molecule has 1 aliphatic carbocycles. The predicted octanol–water partition coefficient (Wildman–Crippen LogP) is 2.74. The number of para-hydroxylation sites is 1. The monoisotopic (exact) mass is 308 g/mol. The van der Waals surface area contributed by atoms with Crippen molar-refractivity contribution in [3.63, 3.8) is 0 Å². The molecule has 3 heterocycles. The Balaban J connectivity index is 1.84. The van der Waals surface area contributed by atoms with E-state index in [4.69, 9.17) is 0 Å². The number of benzene rings is 1. The number of hydrogen-bond donors (Lipinski definition) is 2. The van der Waals surface area contributed by atoms with Crippen LogP contribution in [0.3, 0.4) is 0 Å². The van der Waals surface area contributed by atoms with Crippen molar-refractivity contribution in [2.24, 2.45) is 5.92 Å². The van der Waals surface area contributed by atoms with Gasteiger partial charge in [0.1, 0.15) is 0 Å². The average molecular weight is 308 g/mol. The molecule has 1 aromatic rings. The number of anilines is 1. The van der Waals surface area contributed by atoms with Gasteiger partial charge in [0, 0.05) is 36.4 Å². The average Bonchev–Trinajstić information content (AvgIpc) is 3.10. The number of rotatable bonds is 1. The van der Waals surface area contributed by atoms with Crippen molar-refractivity contribution in [2.45, 2.75) is 31.2 Å². The van der Waals surface area contributed by atoms with E-state index in [0.29, 0.717) is 11.6 Å². The number of carboxylic acid groups (broad SMARTS) is 1. The van der Waals surface area contributed by atoms with Crippen LogP contribution in [-0.4, -0.2) is 35.1 Å². The summed E-state index contributed by atoms with van der Waals surface area (Å²) in [6.45, 7) is 4.00. The van der Waals surface area contributed by atoms with Crippen molar-refractivity contribution >= 4 is 11.7 Å². The number of allylic oxidation sites excluding steroid dienone is 1. The maximum atomic E-state index is 12.1. The van der Waals surface area contributed by atoms with Gasteiger partial charge >= 0.3 is 5.97 Å². The molecular formula is C19H20N2O2. The van der Waals surface area contributed by atoms with Gasteiger partial charge in [-0.1, -0.05) is 29.8 Å². The molecule has 2 fully saturated rings. The first kappa shape index (κ1) is 13.4. The molecule has 3 atom stereocenters. The van der Waals surface area contributed by atoms with Gasteiger partial charge in [-0.25, -0.2) is 4.79 Å². The molecule has 5 rings (SSSR count). The molecule has 2 bridgehead atoms. The minimum Gasteiger partial charge on any atom is -0.478 e. The Morgan fingerprint density at radius 2 is 2.26 bits per heavy atom. The summed E-state index contributed by atoms with van der Waals surface area (Å²) in [5, 5.41) is 13.5. The molecule has 2 N–H and O–H groups in total. The number of piperidine rings is 1. The molecule has 0 saturated carbocycles. The van der Waals surface area contributed by atoms with Gasteiger partial charge in [0.05, 0.1) is 11.0 Å². The molecule has 1 aromatic carbocycles. The number of carbonyl (C=O) groups is 1. The summed E-state index contributed by atoms with van der Waals surface area (Å²) < 4.78 is 0. The maximum Gasteiger partial charge on any atom is 0.333 e. The Bertz CT molecular complexity index is 794. The van der Waals surface area contributed by atoms with E-state index in [1.54, 1.807) is 0 Å². The lowest BCUT2D eigenvalue weighted by Gasteiger charge is -2.48.